The van der Waals surface area contributed by atoms with Gasteiger partial charge in [-0.2, -0.15) is 0 Å². The van der Waals surface area contributed by atoms with Crippen LogP contribution in [0.3, 0.4) is 0 Å². The van der Waals surface area contributed by atoms with E-state index in [4.69, 9.17) is 4.74 Å². The van der Waals surface area contributed by atoms with Crippen LogP contribution in [-0.4, -0.2) is 30.4 Å². The van der Waals surface area contributed by atoms with Crippen LogP contribution >= 0.6 is 0 Å². The molecule has 4 rings (SSSR count). The van der Waals surface area contributed by atoms with E-state index in [1.165, 1.54) is 0 Å². The molecule has 0 aromatic heterocycles. The van der Waals surface area contributed by atoms with Gasteiger partial charge < -0.3 is 15.4 Å². The van der Waals surface area contributed by atoms with Gasteiger partial charge in [-0.3, -0.25) is 14.4 Å². The molecule has 4 aromatic carbocycles. The van der Waals surface area contributed by atoms with Crippen LogP contribution in [0.1, 0.15) is 39.6 Å². The predicted molar refractivity (Wildman–Crippen MR) is 141 cm³/mol. The van der Waals surface area contributed by atoms with Gasteiger partial charge in [0.2, 0.25) is 0 Å². The van der Waals surface area contributed by atoms with Gasteiger partial charge in [0, 0.05) is 22.9 Å². The average molecular weight is 481 g/mol. The monoisotopic (exact) mass is 480 g/mol. The minimum atomic E-state index is -0.411. The van der Waals surface area contributed by atoms with Gasteiger partial charge >= 0.3 is 5.97 Å². The number of carbonyl (C=O) groups is 3. The number of ether oxygens (including phenoxy) is 1. The van der Waals surface area contributed by atoms with Gasteiger partial charge in [-0.25, -0.2) is 0 Å². The maximum atomic E-state index is 12.9. The first kappa shape index (κ1) is 24.7. The van der Waals surface area contributed by atoms with E-state index in [0.29, 0.717) is 23.2 Å². The van der Waals surface area contributed by atoms with Gasteiger partial charge in [-0.05, 0) is 66.1 Å². The highest BCUT2D eigenvalue weighted by Crippen LogP contribution is 2.18. The van der Waals surface area contributed by atoms with Gasteiger partial charge in [0.25, 0.3) is 11.8 Å². The van der Waals surface area contributed by atoms with Crippen molar-refractivity contribution in [2.45, 2.75) is 25.8 Å². The Hall–Kier alpha value is -4.45. The van der Waals surface area contributed by atoms with Crippen LogP contribution in [0.5, 0.6) is 0 Å². The summed E-state index contributed by atoms with van der Waals surface area (Å²) in [7, 11) is 0. The minimum absolute atomic E-state index is 0.0778. The van der Waals surface area contributed by atoms with E-state index in [1.807, 2.05) is 66.7 Å². The molecule has 4 aromatic rings. The van der Waals surface area contributed by atoms with Crippen molar-refractivity contribution >= 4 is 34.2 Å². The molecule has 0 aliphatic carbocycles. The Morgan fingerprint density at radius 3 is 2.14 bits per heavy atom. The third-order valence-electron chi connectivity index (χ3n) is 5.80. The van der Waals surface area contributed by atoms with Crippen LogP contribution in [0, 0.1) is 0 Å². The summed E-state index contributed by atoms with van der Waals surface area (Å²) in [6, 6.07) is 29.3. The second-order valence-corrected chi connectivity index (χ2v) is 8.46. The molecule has 36 heavy (non-hydrogen) atoms. The molecule has 0 radical (unpaired) electrons. The van der Waals surface area contributed by atoms with E-state index in [9.17, 15) is 14.4 Å². The summed E-state index contributed by atoms with van der Waals surface area (Å²) in [5.74, 6) is -0.881. The van der Waals surface area contributed by atoms with E-state index in [2.05, 4.69) is 10.6 Å². The maximum absolute atomic E-state index is 12.9. The van der Waals surface area contributed by atoms with Crippen LogP contribution in [0.2, 0.25) is 0 Å². The Morgan fingerprint density at radius 2 is 1.42 bits per heavy atom. The number of carbonyl (C=O) groups excluding carboxylic acids is 3. The first-order valence-electron chi connectivity index (χ1n) is 11.9. The molecular formula is C30H28N2O4. The van der Waals surface area contributed by atoms with Crippen molar-refractivity contribution in [3.8, 4) is 0 Å². The van der Waals surface area contributed by atoms with Crippen molar-refractivity contribution in [1.82, 2.24) is 5.32 Å². The molecule has 0 spiro atoms. The molecule has 0 fully saturated rings. The summed E-state index contributed by atoms with van der Waals surface area (Å²) in [4.78, 5) is 37.7. The standard InChI is InChI=1S/C30H28N2O4/c1-2-36-28(33)20-27(18-21-8-4-3-5-9-21)32-29(34)23-14-16-26(17-15-23)31-30(35)25-13-12-22-10-6-7-11-24(22)19-25/h3-17,19,27H,2,18,20H2,1H3,(H,31,35)(H,32,34). The van der Waals surface area contributed by atoms with E-state index < -0.39 is 6.04 Å². The Bertz CT molecular complexity index is 1350. The first-order chi connectivity index (χ1) is 17.5. The molecule has 2 amide bonds. The quantitative estimate of drug-likeness (QED) is 0.315. The summed E-state index contributed by atoms with van der Waals surface area (Å²) in [6.07, 6.45) is 0.583. The Morgan fingerprint density at radius 1 is 0.750 bits per heavy atom. The Balaban J connectivity index is 1.40. The number of amides is 2. The summed E-state index contributed by atoms with van der Waals surface area (Å²) < 4.78 is 5.08. The lowest BCUT2D eigenvalue weighted by atomic mass is 10.0. The number of hydrogen-bond donors (Lipinski definition) is 2. The van der Waals surface area contributed by atoms with Crippen molar-refractivity contribution < 1.29 is 19.1 Å². The van der Waals surface area contributed by atoms with Crippen LogP contribution in [-0.2, 0) is 16.0 Å². The number of nitrogens with one attached hydrogen (secondary N) is 2. The molecule has 2 N–H and O–H groups in total. The first-order valence-corrected chi connectivity index (χ1v) is 11.9. The second kappa shape index (κ2) is 11.8. The normalized spacial score (nSPS) is 11.5. The van der Waals surface area contributed by atoms with Crippen LogP contribution in [0.4, 0.5) is 5.69 Å². The fourth-order valence-corrected chi connectivity index (χ4v) is 4.00. The number of fused-ring (bicyclic) bond motifs is 1. The smallest absolute Gasteiger partial charge is 0.307 e. The van der Waals surface area contributed by atoms with Crippen molar-refractivity contribution in [3.05, 3.63) is 114 Å². The predicted octanol–water partition coefficient (Wildman–Crippen LogP) is 5.39. The molecule has 0 aliphatic rings. The van der Waals surface area contributed by atoms with Gasteiger partial charge in [0.1, 0.15) is 0 Å². The van der Waals surface area contributed by atoms with E-state index in [-0.39, 0.29) is 30.8 Å². The van der Waals surface area contributed by atoms with E-state index in [0.717, 1.165) is 16.3 Å². The van der Waals surface area contributed by atoms with Gasteiger partial charge in [-0.15, -0.1) is 0 Å². The Kier molecular flexibility index (Phi) is 8.08. The van der Waals surface area contributed by atoms with Crippen LogP contribution in [0.15, 0.2) is 97.1 Å². The lowest BCUT2D eigenvalue weighted by molar-refractivity contribution is -0.143. The highest BCUT2D eigenvalue weighted by Gasteiger charge is 2.19. The SMILES string of the molecule is CCOC(=O)CC(Cc1ccccc1)NC(=O)c1ccc(NC(=O)c2ccc3ccccc3c2)cc1. The fourth-order valence-electron chi connectivity index (χ4n) is 4.00. The molecule has 0 bridgehead atoms. The van der Waals surface area contributed by atoms with Crippen LogP contribution in [0.25, 0.3) is 10.8 Å². The van der Waals surface area contributed by atoms with Crippen molar-refractivity contribution in [2.75, 3.05) is 11.9 Å². The number of hydrogen-bond acceptors (Lipinski definition) is 4. The third kappa shape index (κ3) is 6.57. The largest absolute Gasteiger partial charge is 0.466 e. The Labute approximate surface area is 210 Å². The zero-order valence-electron chi connectivity index (χ0n) is 20.1. The van der Waals surface area contributed by atoms with Crippen molar-refractivity contribution in [1.29, 1.82) is 0 Å². The van der Waals surface area contributed by atoms with Crippen molar-refractivity contribution in [3.63, 3.8) is 0 Å². The van der Waals surface area contributed by atoms with Gasteiger partial charge in [0.15, 0.2) is 0 Å². The molecule has 0 saturated heterocycles. The summed E-state index contributed by atoms with van der Waals surface area (Å²) in [5, 5.41) is 7.88. The average Bonchev–Trinajstić information content (AvgIpc) is 2.89. The maximum Gasteiger partial charge on any atom is 0.307 e. The molecule has 0 aliphatic heterocycles. The van der Waals surface area contributed by atoms with Gasteiger partial charge in [0.05, 0.1) is 13.0 Å². The number of rotatable bonds is 9. The van der Waals surface area contributed by atoms with Crippen LogP contribution < -0.4 is 10.6 Å². The molecule has 1 unspecified atom stereocenters. The highest BCUT2D eigenvalue weighted by molar-refractivity contribution is 6.06. The summed E-state index contributed by atoms with van der Waals surface area (Å²) in [5.41, 5.74) is 2.58. The molecule has 6 heteroatoms. The molecular weight excluding hydrogens is 452 g/mol. The zero-order valence-corrected chi connectivity index (χ0v) is 20.1. The van der Waals surface area contributed by atoms with E-state index in [1.54, 1.807) is 37.3 Å². The highest BCUT2D eigenvalue weighted by atomic mass is 16.5. The zero-order chi connectivity index (χ0) is 25.3. The topological polar surface area (TPSA) is 84.5 Å². The van der Waals surface area contributed by atoms with E-state index >= 15 is 0 Å². The second-order valence-electron chi connectivity index (χ2n) is 8.46. The molecule has 182 valence electrons. The summed E-state index contributed by atoms with van der Waals surface area (Å²) >= 11 is 0. The minimum Gasteiger partial charge on any atom is -0.466 e. The molecule has 6 nitrogen and oxygen atoms in total. The lowest BCUT2D eigenvalue weighted by Crippen LogP contribution is -2.38. The molecule has 0 saturated carbocycles. The molecule has 0 heterocycles. The molecule has 1 atom stereocenters. The number of esters is 1. The lowest BCUT2D eigenvalue weighted by Gasteiger charge is -2.18. The summed E-state index contributed by atoms with van der Waals surface area (Å²) in [6.45, 7) is 2.04. The fraction of sp³-hybridized carbons (Fsp3) is 0.167. The number of benzene rings is 4. The number of anilines is 1. The van der Waals surface area contributed by atoms with Gasteiger partial charge in [-0.1, -0.05) is 60.7 Å². The van der Waals surface area contributed by atoms with Crippen molar-refractivity contribution in [2.24, 2.45) is 0 Å². The third-order valence-corrected chi connectivity index (χ3v) is 5.80.